The van der Waals surface area contributed by atoms with Crippen LogP contribution in [0.25, 0.3) is 10.9 Å². The van der Waals surface area contributed by atoms with Crippen molar-refractivity contribution in [2.45, 2.75) is 27.3 Å². The van der Waals surface area contributed by atoms with E-state index in [4.69, 9.17) is 0 Å². The lowest BCUT2D eigenvalue weighted by Gasteiger charge is -2.03. The van der Waals surface area contributed by atoms with Crippen LogP contribution in [0.15, 0.2) is 24.3 Å². The van der Waals surface area contributed by atoms with Gasteiger partial charge in [-0.05, 0) is 26.8 Å². The molecule has 0 aliphatic carbocycles. The quantitative estimate of drug-likeness (QED) is 0.684. The highest BCUT2D eigenvalue weighted by Crippen LogP contribution is 2.25. The fraction of sp³-hybridized carbons (Fsp3) is 0.308. The van der Waals surface area contributed by atoms with Gasteiger partial charge in [-0.1, -0.05) is 18.2 Å². The Balaban J connectivity index is 2.91. The third kappa shape index (κ3) is 1.37. The molecule has 0 saturated carbocycles. The van der Waals surface area contributed by atoms with Gasteiger partial charge >= 0.3 is 0 Å². The van der Waals surface area contributed by atoms with Crippen LogP contribution in [0.4, 0.5) is 0 Å². The number of ketones is 1. The Morgan fingerprint density at radius 3 is 2.60 bits per heavy atom. The van der Waals surface area contributed by atoms with Crippen molar-refractivity contribution in [1.29, 1.82) is 0 Å². The lowest BCUT2D eigenvalue weighted by atomic mass is 10.1. The van der Waals surface area contributed by atoms with Crippen LogP contribution in [0, 0.1) is 6.92 Å². The van der Waals surface area contributed by atoms with Crippen LogP contribution in [0.5, 0.6) is 0 Å². The minimum atomic E-state index is 0.149. The van der Waals surface area contributed by atoms with Gasteiger partial charge in [0.1, 0.15) is 0 Å². The van der Waals surface area contributed by atoms with Crippen LogP contribution in [-0.2, 0) is 6.54 Å². The first kappa shape index (κ1) is 9.97. The number of hydrogen-bond acceptors (Lipinski definition) is 1. The summed E-state index contributed by atoms with van der Waals surface area (Å²) in [5, 5.41) is 1.07. The largest absolute Gasteiger partial charge is 0.344 e. The van der Waals surface area contributed by atoms with Gasteiger partial charge < -0.3 is 4.57 Å². The number of fused-ring (bicyclic) bond motifs is 1. The van der Waals surface area contributed by atoms with E-state index in [1.807, 2.05) is 25.1 Å². The van der Waals surface area contributed by atoms with Gasteiger partial charge in [-0.2, -0.15) is 0 Å². The molecular formula is C13H15NO. The molecule has 0 radical (unpaired) electrons. The normalized spacial score (nSPS) is 10.9. The van der Waals surface area contributed by atoms with Crippen molar-refractivity contribution in [1.82, 2.24) is 4.57 Å². The van der Waals surface area contributed by atoms with Gasteiger partial charge in [0.2, 0.25) is 0 Å². The molecule has 1 heterocycles. The second-order valence-electron chi connectivity index (χ2n) is 3.78. The van der Waals surface area contributed by atoms with Crippen molar-refractivity contribution >= 4 is 16.7 Å². The molecule has 1 aromatic carbocycles. The number of para-hydroxylation sites is 1. The Morgan fingerprint density at radius 2 is 2.00 bits per heavy atom. The van der Waals surface area contributed by atoms with Crippen molar-refractivity contribution in [3.8, 4) is 0 Å². The Morgan fingerprint density at radius 1 is 1.33 bits per heavy atom. The summed E-state index contributed by atoms with van der Waals surface area (Å²) in [4.78, 5) is 11.6. The minimum Gasteiger partial charge on any atom is -0.344 e. The Labute approximate surface area is 89.5 Å². The third-order valence-electron chi connectivity index (χ3n) is 2.90. The maximum Gasteiger partial charge on any atom is 0.162 e. The van der Waals surface area contributed by atoms with E-state index >= 15 is 0 Å². The summed E-state index contributed by atoms with van der Waals surface area (Å²) in [5.74, 6) is 0.149. The van der Waals surface area contributed by atoms with Crippen molar-refractivity contribution in [2.75, 3.05) is 0 Å². The van der Waals surface area contributed by atoms with E-state index in [9.17, 15) is 4.79 Å². The van der Waals surface area contributed by atoms with E-state index in [1.165, 1.54) is 0 Å². The lowest BCUT2D eigenvalue weighted by Crippen LogP contribution is -1.99. The van der Waals surface area contributed by atoms with Gasteiger partial charge in [0.05, 0.1) is 0 Å². The Hall–Kier alpha value is -1.57. The van der Waals surface area contributed by atoms with E-state index in [2.05, 4.69) is 17.6 Å². The van der Waals surface area contributed by atoms with Gasteiger partial charge in [0.15, 0.2) is 5.78 Å². The van der Waals surface area contributed by atoms with Crippen LogP contribution in [-0.4, -0.2) is 10.4 Å². The minimum absolute atomic E-state index is 0.149. The average molecular weight is 201 g/mol. The predicted molar refractivity (Wildman–Crippen MR) is 62.4 cm³/mol. The molecule has 2 rings (SSSR count). The molecule has 0 fully saturated rings. The third-order valence-corrected chi connectivity index (χ3v) is 2.90. The first-order valence-electron chi connectivity index (χ1n) is 5.25. The Kier molecular flexibility index (Phi) is 2.35. The molecule has 0 atom stereocenters. The molecule has 2 nitrogen and oxygen atoms in total. The molecule has 0 amide bonds. The molecule has 0 aliphatic rings. The number of carbonyl (C=O) groups excluding carboxylic acids is 1. The first-order valence-corrected chi connectivity index (χ1v) is 5.25. The summed E-state index contributed by atoms with van der Waals surface area (Å²) in [7, 11) is 0. The van der Waals surface area contributed by atoms with Crippen LogP contribution < -0.4 is 0 Å². The molecule has 15 heavy (non-hydrogen) atoms. The zero-order chi connectivity index (χ0) is 11.0. The highest BCUT2D eigenvalue weighted by molar-refractivity contribution is 6.08. The monoisotopic (exact) mass is 201 g/mol. The van der Waals surface area contributed by atoms with E-state index in [-0.39, 0.29) is 5.78 Å². The van der Waals surface area contributed by atoms with Crippen molar-refractivity contribution in [3.63, 3.8) is 0 Å². The zero-order valence-corrected chi connectivity index (χ0v) is 9.37. The second-order valence-corrected chi connectivity index (χ2v) is 3.78. The van der Waals surface area contributed by atoms with E-state index < -0.39 is 0 Å². The standard InChI is InChI=1S/C13H15NO/c1-4-14-9(2)13(10(3)15)11-7-5-6-8-12(11)14/h5-8H,4H2,1-3H3. The fourth-order valence-electron chi connectivity index (χ4n) is 2.28. The average Bonchev–Trinajstić information content (AvgIpc) is 2.49. The second kappa shape index (κ2) is 3.54. The highest BCUT2D eigenvalue weighted by atomic mass is 16.1. The fourth-order valence-corrected chi connectivity index (χ4v) is 2.28. The SMILES string of the molecule is CCn1c(C)c(C(C)=O)c2ccccc21. The number of benzene rings is 1. The molecule has 78 valence electrons. The zero-order valence-electron chi connectivity index (χ0n) is 9.37. The molecular weight excluding hydrogens is 186 g/mol. The molecule has 0 bridgehead atoms. The molecule has 1 aromatic heterocycles. The molecule has 2 heteroatoms. The number of aryl methyl sites for hydroxylation is 1. The van der Waals surface area contributed by atoms with Crippen molar-refractivity contribution < 1.29 is 4.79 Å². The summed E-state index contributed by atoms with van der Waals surface area (Å²) in [6, 6.07) is 8.08. The maximum absolute atomic E-state index is 11.6. The van der Waals surface area contributed by atoms with Crippen LogP contribution in [0.1, 0.15) is 29.9 Å². The molecule has 0 N–H and O–H groups in total. The van der Waals surface area contributed by atoms with Crippen molar-refractivity contribution in [2.24, 2.45) is 0 Å². The summed E-state index contributed by atoms with van der Waals surface area (Å²) in [5.41, 5.74) is 3.10. The number of nitrogens with zero attached hydrogens (tertiary/aromatic N) is 1. The van der Waals surface area contributed by atoms with Crippen LogP contribution >= 0.6 is 0 Å². The number of Topliss-reactive ketones (excluding diaryl/α,β-unsaturated/α-hetero) is 1. The van der Waals surface area contributed by atoms with Crippen LogP contribution in [0.2, 0.25) is 0 Å². The van der Waals surface area contributed by atoms with Gasteiger partial charge in [-0.3, -0.25) is 4.79 Å². The molecule has 0 aliphatic heterocycles. The summed E-state index contributed by atoms with van der Waals surface area (Å²) in [6.45, 7) is 6.65. The van der Waals surface area contributed by atoms with Crippen LogP contribution in [0.3, 0.4) is 0 Å². The van der Waals surface area contributed by atoms with Crippen molar-refractivity contribution in [3.05, 3.63) is 35.5 Å². The number of carbonyl (C=O) groups is 1. The molecule has 0 spiro atoms. The number of aromatic nitrogens is 1. The lowest BCUT2D eigenvalue weighted by molar-refractivity contribution is 0.101. The van der Waals surface area contributed by atoms with E-state index in [1.54, 1.807) is 6.92 Å². The highest BCUT2D eigenvalue weighted by Gasteiger charge is 2.15. The summed E-state index contributed by atoms with van der Waals surface area (Å²) < 4.78 is 2.19. The van der Waals surface area contributed by atoms with Gasteiger partial charge in [-0.25, -0.2) is 0 Å². The predicted octanol–water partition coefficient (Wildman–Crippen LogP) is 3.17. The Bertz CT molecular complexity index is 523. The molecule has 2 aromatic rings. The summed E-state index contributed by atoms with van der Waals surface area (Å²) >= 11 is 0. The number of hydrogen-bond donors (Lipinski definition) is 0. The van der Waals surface area contributed by atoms with E-state index in [0.29, 0.717) is 0 Å². The maximum atomic E-state index is 11.6. The molecule has 0 saturated heterocycles. The van der Waals surface area contributed by atoms with Gasteiger partial charge in [-0.15, -0.1) is 0 Å². The molecule has 0 unspecified atom stereocenters. The van der Waals surface area contributed by atoms with Gasteiger partial charge in [0.25, 0.3) is 0 Å². The van der Waals surface area contributed by atoms with E-state index in [0.717, 1.165) is 28.7 Å². The number of rotatable bonds is 2. The topological polar surface area (TPSA) is 22.0 Å². The smallest absolute Gasteiger partial charge is 0.162 e. The first-order chi connectivity index (χ1) is 7.16. The summed E-state index contributed by atoms with van der Waals surface area (Å²) in [6.07, 6.45) is 0. The van der Waals surface area contributed by atoms with Gasteiger partial charge in [0, 0.05) is 28.7 Å².